The molecule has 0 amide bonds. The maximum atomic E-state index is 12.2. The van der Waals surface area contributed by atoms with Crippen LogP contribution in [0.1, 0.15) is 13.2 Å². The van der Waals surface area contributed by atoms with E-state index < -0.39 is 37.5 Å². The first-order valence-electron chi connectivity index (χ1n) is 6.88. The van der Waals surface area contributed by atoms with Crippen molar-refractivity contribution in [3.63, 3.8) is 0 Å². The molecule has 2 aliphatic rings. The van der Waals surface area contributed by atoms with E-state index in [0.717, 1.165) is 4.57 Å². The van der Waals surface area contributed by atoms with Gasteiger partial charge in [-0.25, -0.2) is 9.36 Å². The van der Waals surface area contributed by atoms with Crippen molar-refractivity contribution < 1.29 is 22.9 Å². The molecule has 24 heavy (non-hydrogen) atoms. The maximum absolute atomic E-state index is 12.2. The van der Waals surface area contributed by atoms with Gasteiger partial charge in [-0.2, -0.15) is 4.98 Å². The summed E-state index contributed by atoms with van der Waals surface area (Å²) in [4.78, 5) is 18.5. The van der Waals surface area contributed by atoms with Crippen molar-refractivity contribution >= 4 is 13.6 Å². The Morgan fingerprint density at radius 2 is 2.42 bits per heavy atom. The number of nitrogen functional groups attached to an aromatic ring is 1. The van der Waals surface area contributed by atoms with Crippen LogP contribution in [0.4, 0.5) is 5.82 Å². The predicted molar refractivity (Wildman–Crippen MR) is 79.8 cm³/mol. The summed E-state index contributed by atoms with van der Waals surface area (Å²) in [7, 11) is -2.62. The number of aromatic nitrogens is 2. The van der Waals surface area contributed by atoms with Gasteiger partial charge in [-0.15, -0.1) is 0 Å². The molecule has 2 N–H and O–H groups in total. The molecule has 2 aliphatic heterocycles. The van der Waals surface area contributed by atoms with E-state index in [0.29, 0.717) is 0 Å². The maximum Gasteiger partial charge on any atom is 0.474 e. The number of hydrogen-bond acceptors (Lipinski definition) is 9. The van der Waals surface area contributed by atoms with Crippen LogP contribution in [0.2, 0.25) is 0 Å². The molecular weight excluding hydrogens is 343 g/mol. The van der Waals surface area contributed by atoms with Gasteiger partial charge >= 0.3 is 13.5 Å². The lowest BCUT2D eigenvalue weighted by Crippen LogP contribution is -2.47. The zero-order valence-electron chi connectivity index (χ0n) is 12.8. The lowest BCUT2D eigenvalue weighted by atomic mass is 9.93. The highest BCUT2D eigenvalue weighted by Gasteiger charge is 2.60. The average molecular weight is 358 g/mol. The van der Waals surface area contributed by atoms with Crippen LogP contribution in [0.5, 0.6) is 0 Å². The number of nitrogens with two attached hydrogens (primary N) is 1. The quantitative estimate of drug-likeness (QED) is 0.361. The highest BCUT2D eigenvalue weighted by Crippen LogP contribution is 2.58. The van der Waals surface area contributed by atoms with E-state index in [1.165, 1.54) is 26.3 Å². The first-order valence-corrected chi connectivity index (χ1v) is 8.34. The Kier molecular flexibility index (Phi) is 4.12. The van der Waals surface area contributed by atoms with Crippen LogP contribution in [0.15, 0.2) is 22.2 Å². The third kappa shape index (κ3) is 2.59. The van der Waals surface area contributed by atoms with Gasteiger partial charge in [0.2, 0.25) is 0 Å². The third-order valence-electron chi connectivity index (χ3n) is 3.94. The molecule has 130 valence electrons. The molecule has 2 fully saturated rings. The molecule has 13 heteroatoms. The Hall–Kier alpha value is -1.94. The summed E-state index contributed by atoms with van der Waals surface area (Å²) in [6, 6.07) is 1.40. The highest BCUT2D eigenvalue weighted by atomic mass is 31.2. The van der Waals surface area contributed by atoms with Gasteiger partial charge in [0, 0.05) is 18.2 Å². The van der Waals surface area contributed by atoms with Crippen molar-refractivity contribution in [1.29, 1.82) is 0 Å². The van der Waals surface area contributed by atoms with Crippen LogP contribution in [-0.4, -0.2) is 41.0 Å². The second-order valence-corrected chi connectivity index (χ2v) is 7.16. The molecule has 12 nitrogen and oxygen atoms in total. The van der Waals surface area contributed by atoms with Crippen LogP contribution in [0.3, 0.4) is 0 Å². The molecule has 0 radical (unpaired) electrons. The summed E-state index contributed by atoms with van der Waals surface area (Å²) in [5.41, 5.74) is 12.3. The second-order valence-electron chi connectivity index (χ2n) is 5.44. The first kappa shape index (κ1) is 16.9. The van der Waals surface area contributed by atoms with Crippen LogP contribution in [-0.2, 0) is 22.9 Å². The average Bonchev–Trinajstić information content (AvgIpc) is 2.80. The van der Waals surface area contributed by atoms with Gasteiger partial charge in [0.15, 0.2) is 6.23 Å². The lowest BCUT2D eigenvalue weighted by molar-refractivity contribution is -0.0702. The van der Waals surface area contributed by atoms with E-state index in [-0.39, 0.29) is 12.4 Å². The van der Waals surface area contributed by atoms with Crippen molar-refractivity contribution in [3.8, 4) is 0 Å². The monoisotopic (exact) mass is 358 g/mol. The van der Waals surface area contributed by atoms with Gasteiger partial charge in [-0.3, -0.25) is 18.1 Å². The van der Waals surface area contributed by atoms with Gasteiger partial charge in [0.25, 0.3) is 0 Å². The zero-order valence-corrected chi connectivity index (χ0v) is 13.7. The summed E-state index contributed by atoms with van der Waals surface area (Å²) in [6.07, 6.45) is -1.33. The largest absolute Gasteiger partial charge is 0.474 e. The SMILES string of the molecule is COP1(=O)OC[C@H]2O[C@@H](n3ccc(N)nc3=O)[C@](C)(N=[N+]=[N-])[C@@H]2O1. The smallest absolute Gasteiger partial charge is 0.383 e. The summed E-state index contributed by atoms with van der Waals surface area (Å²) in [5.74, 6) is 0.0422. The normalized spacial score (nSPS) is 38.3. The van der Waals surface area contributed by atoms with E-state index in [9.17, 15) is 9.36 Å². The van der Waals surface area contributed by atoms with Crippen LogP contribution < -0.4 is 11.4 Å². The molecule has 0 spiro atoms. The van der Waals surface area contributed by atoms with Gasteiger partial charge in [0.05, 0.1) is 6.61 Å². The molecule has 3 rings (SSSR count). The Labute approximate surface area is 135 Å². The third-order valence-corrected chi connectivity index (χ3v) is 5.34. The highest BCUT2D eigenvalue weighted by molar-refractivity contribution is 7.48. The Morgan fingerprint density at radius 3 is 3.04 bits per heavy atom. The molecule has 0 aliphatic carbocycles. The molecule has 1 aromatic heterocycles. The topological polar surface area (TPSA) is 164 Å². The van der Waals surface area contributed by atoms with Gasteiger partial charge < -0.3 is 10.5 Å². The van der Waals surface area contributed by atoms with Crippen molar-refractivity contribution in [1.82, 2.24) is 9.55 Å². The molecule has 3 heterocycles. The van der Waals surface area contributed by atoms with Crippen LogP contribution in [0.25, 0.3) is 10.4 Å². The fraction of sp³-hybridized carbons (Fsp3) is 0.636. The summed E-state index contributed by atoms with van der Waals surface area (Å²) in [6.45, 7) is 1.41. The number of ether oxygens (including phenoxy) is 1. The fourth-order valence-corrected chi connectivity index (χ4v) is 3.99. The number of phosphoric acid groups is 1. The number of anilines is 1. The summed E-state index contributed by atoms with van der Waals surface area (Å²) >= 11 is 0. The summed E-state index contributed by atoms with van der Waals surface area (Å²) in [5, 5.41) is 3.74. The van der Waals surface area contributed by atoms with Crippen LogP contribution >= 0.6 is 7.82 Å². The zero-order chi connectivity index (χ0) is 17.5. The van der Waals surface area contributed by atoms with Gasteiger partial charge in [-0.05, 0) is 18.5 Å². The van der Waals surface area contributed by atoms with Crippen LogP contribution in [0, 0.1) is 0 Å². The lowest BCUT2D eigenvalue weighted by Gasteiger charge is -2.34. The van der Waals surface area contributed by atoms with E-state index >= 15 is 0 Å². The number of nitrogens with zero attached hydrogens (tertiary/aromatic N) is 5. The van der Waals surface area contributed by atoms with Crippen molar-refractivity contribution in [2.45, 2.75) is 30.9 Å². The minimum absolute atomic E-state index is 0.0422. The van der Waals surface area contributed by atoms with Crippen molar-refractivity contribution in [2.24, 2.45) is 5.11 Å². The number of azide groups is 1. The predicted octanol–water partition coefficient (Wildman–Crippen LogP) is 0.962. The standard InChI is InChI=1S/C11H15N6O6P/c1-11(15-16-13)8-6(5-21-24(19,20-2)23-8)22-9(11)17-4-3-7(12)14-10(17)18/h3-4,6,8-9H,5H2,1-2H3,(H2,12,14,18)/t6-,8-,9-,11-,24?/m1/s1. The minimum Gasteiger partial charge on any atom is -0.383 e. The van der Waals surface area contributed by atoms with Crippen molar-refractivity contribution in [2.75, 3.05) is 19.5 Å². The molecule has 0 saturated carbocycles. The van der Waals surface area contributed by atoms with E-state index in [2.05, 4.69) is 15.0 Å². The van der Waals surface area contributed by atoms with E-state index in [1.807, 2.05) is 0 Å². The van der Waals surface area contributed by atoms with Crippen molar-refractivity contribution in [3.05, 3.63) is 33.2 Å². The van der Waals surface area contributed by atoms with E-state index in [4.69, 9.17) is 29.6 Å². The molecule has 0 aromatic carbocycles. The molecule has 1 aromatic rings. The summed E-state index contributed by atoms with van der Waals surface area (Å²) < 4.78 is 34.4. The number of hydrogen-bond donors (Lipinski definition) is 1. The Morgan fingerprint density at radius 1 is 1.67 bits per heavy atom. The molecular formula is C11H15N6O6P. The first-order chi connectivity index (χ1) is 11.3. The van der Waals surface area contributed by atoms with E-state index in [1.54, 1.807) is 0 Å². The molecule has 2 saturated heterocycles. The number of phosphoric ester groups is 1. The van der Waals surface area contributed by atoms with Gasteiger partial charge in [-0.1, -0.05) is 5.11 Å². The molecule has 1 unspecified atom stereocenters. The second kappa shape index (κ2) is 5.85. The fourth-order valence-electron chi connectivity index (χ4n) is 2.78. The number of rotatable bonds is 3. The molecule has 0 bridgehead atoms. The molecule has 5 atom stereocenters. The Balaban J connectivity index is 2.07. The Bertz CT molecular complexity index is 808. The van der Waals surface area contributed by atoms with Gasteiger partial charge in [0.1, 0.15) is 23.6 Å². The minimum atomic E-state index is -3.79. The number of fused-ring (bicyclic) bond motifs is 1.